The van der Waals surface area contributed by atoms with Crippen LogP contribution in [0.25, 0.3) is 0 Å². The summed E-state index contributed by atoms with van der Waals surface area (Å²) in [5.74, 6) is -0.724. The van der Waals surface area contributed by atoms with E-state index in [4.69, 9.17) is 33.5 Å². The molecule has 2 atom stereocenters. The summed E-state index contributed by atoms with van der Waals surface area (Å²) in [5.41, 5.74) is 0. The first-order valence-electron chi connectivity index (χ1n) is 18.8. The number of carbonyl (C=O) groups is 3. The predicted molar refractivity (Wildman–Crippen MR) is 182 cm³/mol. The lowest BCUT2D eigenvalue weighted by Crippen LogP contribution is -2.36. The van der Waals surface area contributed by atoms with E-state index in [9.17, 15) is 14.4 Å². The summed E-state index contributed by atoms with van der Waals surface area (Å²) in [4.78, 5) is 47.0. The first-order chi connectivity index (χ1) is 23.5. The Bertz CT molecular complexity index is 922. The maximum atomic E-state index is 13.0. The van der Waals surface area contributed by atoms with E-state index >= 15 is 0 Å². The summed E-state index contributed by atoms with van der Waals surface area (Å²) in [6.07, 6.45) is 20.8. The summed E-state index contributed by atoms with van der Waals surface area (Å²) in [5, 5.41) is 0. The van der Waals surface area contributed by atoms with Gasteiger partial charge in [-0.2, -0.15) is 0 Å². The van der Waals surface area contributed by atoms with E-state index < -0.39 is 0 Å². The molecule has 0 amide bonds. The fourth-order valence-electron chi connectivity index (χ4n) is 6.83. The molecule has 48 heavy (non-hydrogen) atoms. The molecule has 0 spiro atoms. The van der Waals surface area contributed by atoms with Crippen molar-refractivity contribution in [1.29, 1.82) is 0 Å². The molecule has 274 valence electrons. The third-order valence-electron chi connectivity index (χ3n) is 9.71. The summed E-state index contributed by atoms with van der Waals surface area (Å²) < 4.78 is 29.0. The van der Waals surface area contributed by atoms with Crippen molar-refractivity contribution in [2.24, 2.45) is 11.8 Å². The Morgan fingerprint density at radius 3 is 1.50 bits per heavy atom. The van der Waals surface area contributed by atoms with Crippen LogP contribution in [0, 0.1) is 11.8 Å². The molecular weight excluding hydrogens is 616 g/mol. The number of esters is 3. The number of ether oxygens (including phenoxy) is 5. The van der Waals surface area contributed by atoms with Gasteiger partial charge in [0.1, 0.15) is 18.8 Å². The van der Waals surface area contributed by atoms with Gasteiger partial charge in [0.05, 0.1) is 37.3 Å². The van der Waals surface area contributed by atoms with Gasteiger partial charge in [-0.25, -0.2) is 14.6 Å². The Balaban J connectivity index is 1.19. The molecule has 0 aromatic rings. The van der Waals surface area contributed by atoms with Gasteiger partial charge in [0.2, 0.25) is 0 Å². The van der Waals surface area contributed by atoms with Crippen LogP contribution in [0.15, 0.2) is 25.3 Å². The largest absolute Gasteiger partial charge is 0.463 e. The predicted octanol–water partition coefficient (Wildman–Crippen LogP) is 7.52. The topological polar surface area (TPSA) is 116 Å². The Labute approximate surface area is 288 Å². The maximum absolute atomic E-state index is 13.0. The molecule has 0 N–H and O–H groups in total. The van der Waals surface area contributed by atoms with E-state index in [1.54, 1.807) is 6.08 Å². The van der Waals surface area contributed by atoms with Crippen molar-refractivity contribution < 1.29 is 47.8 Å². The summed E-state index contributed by atoms with van der Waals surface area (Å²) >= 11 is 0. The van der Waals surface area contributed by atoms with E-state index in [-0.39, 0.29) is 54.2 Å². The second-order valence-electron chi connectivity index (χ2n) is 13.6. The Hall–Kier alpha value is -2.27. The number of hydrogen-bond donors (Lipinski definition) is 0. The molecule has 10 nitrogen and oxygen atoms in total. The van der Waals surface area contributed by atoms with Gasteiger partial charge in [0.15, 0.2) is 0 Å². The van der Waals surface area contributed by atoms with Gasteiger partial charge in [0, 0.05) is 25.7 Å². The van der Waals surface area contributed by atoms with Crippen molar-refractivity contribution in [3.8, 4) is 0 Å². The highest BCUT2D eigenvalue weighted by molar-refractivity contribution is 5.81. The Morgan fingerprint density at radius 1 is 0.542 bits per heavy atom. The van der Waals surface area contributed by atoms with Gasteiger partial charge in [-0.15, -0.1) is 6.58 Å². The molecule has 10 heteroatoms. The van der Waals surface area contributed by atoms with Gasteiger partial charge in [-0.3, -0.25) is 9.59 Å². The van der Waals surface area contributed by atoms with Crippen LogP contribution in [0.5, 0.6) is 0 Å². The molecule has 3 rings (SSSR count). The second kappa shape index (κ2) is 24.8. The van der Waals surface area contributed by atoms with Gasteiger partial charge in [-0.1, -0.05) is 31.9 Å². The highest BCUT2D eigenvalue weighted by atomic mass is 17.2. The van der Waals surface area contributed by atoms with Gasteiger partial charge in [0.25, 0.3) is 0 Å². The fourth-order valence-corrected chi connectivity index (χ4v) is 6.83. The van der Waals surface area contributed by atoms with E-state index in [1.165, 1.54) is 6.08 Å². The number of rotatable bonds is 24. The summed E-state index contributed by atoms with van der Waals surface area (Å²) in [7, 11) is 0. The van der Waals surface area contributed by atoms with Crippen LogP contribution >= 0.6 is 0 Å². The smallest absolute Gasteiger partial charge is 0.330 e. The quantitative estimate of drug-likeness (QED) is 0.0193. The molecule has 0 aromatic heterocycles. The maximum Gasteiger partial charge on any atom is 0.330 e. The number of carbonyl (C=O) groups excluding carboxylic acids is 3. The molecule has 0 bridgehead atoms. The van der Waals surface area contributed by atoms with Crippen molar-refractivity contribution in [3.05, 3.63) is 25.3 Å². The minimum absolute atomic E-state index is 0.0672. The summed E-state index contributed by atoms with van der Waals surface area (Å²) in [6, 6.07) is 0. The monoisotopic (exact) mass is 678 g/mol. The van der Waals surface area contributed by atoms with E-state index in [2.05, 4.69) is 13.2 Å². The number of unbranched alkanes of at least 4 members (excludes halogenated alkanes) is 6. The molecule has 3 saturated carbocycles. The Morgan fingerprint density at radius 2 is 1.02 bits per heavy atom. The van der Waals surface area contributed by atoms with Crippen LogP contribution in [-0.2, 0) is 47.8 Å². The van der Waals surface area contributed by atoms with Crippen molar-refractivity contribution >= 4 is 17.9 Å². The van der Waals surface area contributed by atoms with E-state index in [1.807, 2.05) is 0 Å². The highest BCUT2D eigenvalue weighted by Gasteiger charge is 2.34. The fraction of sp³-hybridized carbons (Fsp3) is 0.816. The van der Waals surface area contributed by atoms with Crippen LogP contribution in [0.3, 0.4) is 0 Å². The molecule has 0 saturated heterocycles. The van der Waals surface area contributed by atoms with Gasteiger partial charge < -0.3 is 23.7 Å². The normalized spacial score (nSPS) is 25.9. The second-order valence-corrected chi connectivity index (χ2v) is 13.6. The van der Waals surface area contributed by atoms with Crippen LogP contribution in [0.1, 0.15) is 128 Å². The molecule has 3 aliphatic carbocycles. The molecule has 0 radical (unpaired) electrons. The third-order valence-corrected chi connectivity index (χ3v) is 9.71. The van der Waals surface area contributed by atoms with Gasteiger partial charge >= 0.3 is 17.9 Å². The standard InChI is InChI=1S/C38H62O10/c1-3-24-45-46-28-12-8-7-10-26-43-33-22-18-31(19-23-33)38(41)48-35-15-13-14-34(29-35)47-37(40)30-16-20-32(21-17-30)42-25-9-5-6-11-27-44-36(39)4-2/h3-4,30-35H,1-2,5-29H2. The van der Waals surface area contributed by atoms with E-state index in [0.717, 1.165) is 135 Å². The average Bonchev–Trinajstić information content (AvgIpc) is 3.10. The first-order valence-corrected chi connectivity index (χ1v) is 18.8. The third kappa shape index (κ3) is 16.9. The van der Waals surface area contributed by atoms with E-state index in [0.29, 0.717) is 26.2 Å². The zero-order chi connectivity index (χ0) is 34.2. The lowest BCUT2D eigenvalue weighted by Gasteiger charge is -2.33. The first kappa shape index (κ1) is 40.2. The van der Waals surface area contributed by atoms with Crippen molar-refractivity contribution in [2.45, 2.75) is 153 Å². The lowest BCUT2D eigenvalue weighted by molar-refractivity contribution is -0.286. The molecule has 0 aromatic carbocycles. The van der Waals surface area contributed by atoms with Crippen LogP contribution < -0.4 is 0 Å². The highest BCUT2D eigenvalue weighted by Crippen LogP contribution is 2.32. The minimum atomic E-state index is -0.371. The van der Waals surface area contributed by atoms with Gasteiger partial charge in [-0.05, 0) is 103 Å². The number of hydrogen-bond acceptors (Lipinski definition) is 10. The molecule has 0 aliphatic heterocycles. The molecule has 3 fully saturated rings. The SMILES string of the molecule is C=CCOOCCCCCCOC1CCC(C(=O)OC2CCCC(OC(=O)C3CCC(OCCCCCCOC(=O)C=C)CC3)C2)CC1. The Kier molecular flexibility index (Phi) is 20.7. The molecule has 2 unspecified atom stereocenters. The van der Waals surface area contributed by atoms with Crippen LogP contribution in [-0.4, -0.2) is 75.4 Å². The minimum Gasteiger partial charge on any atom is -0.463 e. The molecular formula is C38H62O10. The van der Waals surface area contributed by atoms with Crippen molar-refractivity contribution in [3.63, 3.8) is 0 Å². The molecule has 3 aliphatic rings. The van der Waals surface area contributed by atoms with Crippen molar-refractivity contribution in [1.82, 2.24) is 0 Å². The lowest BCUT2D eigenvalue weighted by atomic mass is 9.87. The van der Waals surface area contributed by atoms with Crippen LogP contribution in [0.2, 0.25) is 0 Å². The van der Waals surface area contributed by atoms with Crippen molar-refractivity contribution in [2.75, 3.05) is 33.0 Å². The van der Waals surface area contributed by atoms with Crippen LogP contribution in [0.4, 0.5) is 0 Å². The zero-order valence-corrected chi connectivity index (χ0v) is 29.3. The zero-order valence-electron chi connectivity index (χ0n) is 29.3. The summed E-state index contributed by atoms with van der Waals surface area (Å²) in [6.45, 7) is 9.88. The average molecular weight is 679 g/mol. The molecule has 0 heterocycles.